The molecule has 5 rings (SSSR count). The van der Waals surface area contributed by atoms with Crippen molar-refractivity contribution in [2.75, 3.05) is 14.2 Å². The lowest BCUT2D eigenvalue weighted by Gasteiger charge is -2.46. The van der Waals surface area contributed by atoms with Gasteiger partial charge in [0.05, 0.1) is 25.3 Å². The zero-order valence-corrected chi connectivity index (χ0v) is 19.8. The molecule has 3 atom stereocenters. The first kappa shape index (κ1) is 24.3. The monoisotopic (exact) mass is 509 g/mol. The third-order valence-corrected chi connectivity index (χ3v) is 7.34. The van der Waals surface area contributed by atoms with Gasteiger partial charge in [-0.15, -0.1) is 0 Å². The topological polar surface area (TPSA) is 202 Å². The van der Waals surface area contributed by atoms with Crippen LogP contribution in [-0.2, 0) is 20.8 Å². The molecule has 0 bridgehead atoms. The highest BCUT2D eigenvalue weighted by Crippen LogP contribution is 2.53. The molecular weight excluding hydrogens is 486 g/mol. The first-order chi connectivity index (χ1) is 17.5. The summed E-state index contributed by atoms with van der Waals surface area (Å²) in [6.07, 6.45) is 1.23. The van der Waals surface area contributed by atoms with Gasteiger partial charge in [-0.05, 0) is 36.0 Å². The van der Waals surface area contributed by atoms with Crippen LogP contribution in [0.3, 0.4) is 0 Å². The van der Waals surface area contributed by atoms with E-state index in [0.717, 1.165) is 0 Å². The number of ether oxygens (including phenoxy) is 2. The van der Waals surface area contributed by atoms with Crippen LogP contribution in [0.4, 0.5) is 0 Å². The lowest BCUT2D eigenvalue weighted by Crippen LogP contribution is -2.58. The van der Waals surface area contributed by atoms with Gasteiger partial charge in [0.25, 0.3) is 5.91 Å². The minimum absolute atomic E-state index is 0.0221. The van der Waals surface area contributed by atoms with Gasteiger partial charge >= 0.3 is 6.01 Å². The SMILES string of the molecule is COc1ncc(-c2ccc(O)c3c2C[C@H]2C[C@H]4CC(=O)C(C(N)=O)=C(O)[C@@]4(O)C(=O)C2=C3O)c(OC)n1. The van der Waals surface area contributed by atoms with Crippen LogP contribution in [0.25, 0.3) is 16.9 Å². The Morgan fingerprint density at radius 3 is 2.49 bits per heavy atom. The summed E-state index contributed by atoms with van der Waals surface area (Å²) in [5.41, 5.74) is 2.92. The van der Waals surface area contributed by atoms with Gasteiger partial charge in [-0.3, -0.25) is 14.4 Å². The number of amides is 1. The second-order valence-electron chi connectivity index (χ2n) is 9.17. The molecule has 0 radical (unpaired) electrons. The second kappa shape index (κ2) is 8.30. The van der Waals surface area contributed by atoms with Crippen LogP contribution in [0.5, 0.6) is 17.6 Å². The number of aliphatic hydroxyl groups is 3. The number of phenolic OH excluding ortho intramolecular Hbond substituents is 1. The van der Waals surface area contributed by atoms with E-state index in [1.807, 2.05) is 0 Å². The standard InChI is InChI=1S/C25H23N3O9/c1-36-23-13(8-27-24(28-23)37-2)11-3-4-14(29)17-12(11)6-9-5-10-7-15(30)18(22(26)34)21(33)25(10,35)20(32)16(9)19(17)31/h3-4,8-10,29,31,33,35H,5-7H2,1-2H3,(H2,26,34)/t9-,10+,25+/m1/s1. The molecule has 1 heterocycles. The van der Waals surface area contributed by atoms with Crippen LogP contribution in [0, 0.1) is 11.8 Å². The lowest BCUT2D eigenvalue weighted by atomic mass is 9.59. The van der Waals surface area contributed by atoms with Crippen molar-refractivity contribution < 1.29 is 44.3 Å². The number of Topliss-reactive ketones (excluding diaryl/α,β-unsaturated/α-hetero) is 2. The van der Waals surface area contributed by atoms with Crippen molar-refractivity contribution in [2.45, 2.75) is 24.9 Å². The van der Waals surface area contributed by atoms with E-state index >= 15 is 0 Å². The Bertz CT molecular complexity index is 1460. The van der Waals surface area contributed by atoms with Crippen molar-refractivity contribution in [3.05, 3.63) is 46.4 Å². The number of carbonyl (C=O) groups is 3. The normalized spacial score (nSPS) is 24.8. The summed E-state index contributed by atoms with van der Waals surface area (Å²) in [6, 6.07) is 2.99. The van der Waals surface area contributed by atoms with E-state index in [1.54, 1.807) is 6.07 Å². The largest absolute Gasteiger partial charge is 0.508 e. The fourth-order valence-corrected chi connectivity index (χ4v) is 5.66. The zero-order valence-electron chi connectivity index (χ0n) is 19.8. The van der Waals surface area contributed by atoms with Gasteiger partial charge in [0, 0.05) is 24.1 Å². The summed E-state index contributed by atoms with van der Waals surface area (Å²) in [5.74, 6) is -6.69. The Hall–Kier alpha value is -4.45. The summed E-state index contributed by atoms with van der Waals surface area (Å²) < 4.78 is 10.4. The molecule has 3 aliphatic carbocycles. The number of rotatable bonds is 4. The molecule has 1 fully saturated rings. The number of aromatic nitrogens is 2. The number of hydrogen-bond donors (Lipinski definition) is 5. The third-order valence-electron chi connectivity index (χ3n) is 7.34. The van der Waals surface area contributed by atoms with Crippen molar-refractivity contribution in [1.29, 1.82) is 0 Å². The van der Waals surface area contributed by atoms with E-state index in [1.165, 1.54) is 26.5 Å². The van der Waals surface area contributed by atoms with Gasteiger partial charge in [-0.25, -0.2) is 4.98 Å². The number of primary amides is 1. The average molecular weight is 509 g/mol. The number of phenols is 1. The molecule has 12 nitrogen and oxygen atoms in total. The maximum Gasteiger partial charge on any atom is 0.319 e. The van der Waals surface area contributed by atoms with Crippen molar-refractivity contribution in [3.8, 4) is 28.8 Å². The van der Waals surface area contributed by atoms with Gasteiger partial charge in [-0.2, -0.15) is 4.98 Å². The molecule has 1 amide bonds. The van der Waals surface area contributed by atoms with Crippen molar-refractivity contribution in [1.82, 2.24) is 9.97 Å². The highest BCUT2D eigenvalue weighted by molar-refractivity contribution is 6.22. The molecule has 3 aliphatic rings. The van der Waals surface area contributed by atoms with Crippen LogP contribution in [0.1, 0.15) is 24.0 Å². The lowest BCUT2D eigenvalue weighted by molar-refractivity contribution is -0.147. The second-order valence-corrected chi connectivity index (χ2v) is 9.17. The molecule has 192 valence electrons. The molecule has 2 aromatic rings. The smallest absolute Gasteiger partial charge is 0.319 e. The van der Waals surface area contributed by atoms with Crippen LogP contribution < -0.4 is 15.2 Å². The van der Waals surface area contributed by atoms with E-state index in [0.29, 0.717) is 16.7 Å². The Morgan fingerprint density at radius 1 is 1.11 bits per heavy atom. The fraction of sp³-hybridized carbons (Fsp3) is 0.320. The van der Waals surface area contributed by atoms with Crippen LogP contribution >= 0.6 is 0 Å². The van der Waals surface area contributed by atoms with Crippen molar-refractivity contribution >= 4 is 23.2 Å². The molecule has 0 spiro atoms. The van der Waals surface area contributed by atoms with E-state index in [2.05, 4.69) is 9.97 Å². The van der Waals surface area contributed by atoms with Crippen LogP contribution in [-0.4, -0.2) is 67.7 Å². The summed E-state index contributed by atoms with van der Waals surface area (Å²) >= 11 is 0. The van der Waals surface area contributed by atoms with E-state index < -0.39 is 58.4 Å². The van der Waals surface area contributed by atoms with Gasteiger partial charge in [-0.1, -0.05) is 6.07 Å². The predicted molar refractivity (Wildman–Crippen MR) is 126 cm³/mol. The fourth-order valence-electron chi connectivity index (χ4n) is 5.66. The van der Waals surface area contributed by atoms with Crippen molar-refractivity contribution in [3.63, 3.8) is 0 Å². The van der Waals surface area contributed by atoms with E-state index in [-0.39, 0.29) is 41.6 Å². The number of aliphatic hydroxyl groups excluding tert-OH is 2. The van der Waals surface area contributed by atoms with Crippen molar-refractivity contribution in [2.24, 2.45) is 17.6 Å². The number of ketones is 2. The van der Waals surface area contributed by atoms with E-state index in [9.17, 15) is 34.8 Å². The number of methoxy groups -OCH3 is 2. The number of hydrogen-bond acceptors (Lipinski definition) is 11. The average Bonchev–Trinajstić information content (AvgIpc) is 2.85. The maximum atomic E-state index is 13.6. The summed E-state index contributed by atoms with van der Waals surface area (Å²) in [5, 5.41) is 43.9. The molecule has 1 aromatic carbocycles. The van der Waals surface area contributed by atoms with E-state index in [4.69, 9.17) is 15.2 Å². The first-order valence-electron chi connectivity index (χ1n) is 11.3. The number of benzene rings is 1. The molecule has 0 saturated heterocycles. The number of nitrogens with two attached hydrogens (primary N) is 1. The number of fused-ring (bicyclic) bond motifs is 3. The van der Waals surface area contributed by atoms with Gasteiger partial charge in [0.2, 0.25) is 11.7 Å². The molecule has 37 heavy (non-hydrogen) atoms. The quantitative estimate of drug-likeness (QED) is 0.366. The predicted octanol–water partition coefficient (Wildman–Crippen LogP) is 0.898. The number of carbonyl (C=O) groups excluding carboxylic acids is 3. The summed E-state index contributed by atoms with van der Waals surface area (Å²) in [4.78, 5) is 46.2. The highest BCUT2D eigenvalue weighted by Gasteiger charge is 2.60. The molecule has 1 saturated carbocycles. The Balaban J connectivity index is 1.71. The Labute approximate surface area is 209 Å². The maximum absolute atomic E-state index is 13.6. The van der Waals surface area contributed by atoms with Gasteiger partial charge < -0.3 is 35.6 Å². The molecule has 12 heteroatoms. The highest BCUT2D eigenvalue weighted by atomic mass is 16.5. The Kier molecular flexibility index (Phi) is 5.44. The van der Waals surface area contributed by atoms with Crippen LogP contribution in [0.2, 0.25) is 0 Å². The molecule has 6 N–H and O–H groups in total. The minimum Gasteiger partial charge on any atom is -0.508 e. The summed E-state index contributed by atoms with van der Waals surface area (Å²) in [7, 11) is 2.81. The number of nitrogens with zero attached hydrogens (tertiary/aromatic N) is 2. The Morgan fingerprint density at radius 2 is 1.84 bits per heavy atom. The zero-order chi connectivity index (χ0) is 26.8. The number of aromatic hydroxyl groups is 1. The van der Waals surface area contributed by atoms with Gasteiger partial charge in [0.1, 0.15) is 22.8 Å². The van der Waals surface area contributed by atoms with Crippen LogP contribution in [0.15, 0.2) is 35.2 Å². The summed E-state index contributed by atoms with van der Waals surface area (Å²) in [6.45, 7) is 0. The third kappa shape index (κ3) is 3.29. The molecular formula is C25H23N3O9. The molecule has 1 aromatic heterocycles. The minimum atomic E-state index is -2.62. The molecule has 0 unspecified atom stereocenters. The first-order valence-corrected chi connectivity index (χ1v) is 11.3. The van der Waals surface area contributed by atoms with Gasteiger partial charge in [0.15, 0.2) is 11.4 Å². The molecule has 0 aliphatic heterocycles.